The lowest BCUT2D eigenvalue weighted by atomic mass is 9.96. The number of nitrogens with one attached hydrogen (secondary N) is 1. The Kier molecular flexibility index (Phi) is 28.8. The summed E-state index contributed by atoms with van der Waals surface area (Å²) in [5.74, 6) is -0.259. The molecule has 0 aromatic carbocycles. The first-order chi connectivity index (χ1) is 31.3. The molecule has 12 N–H and O–H groups in total. The predicted octanol–water partition coefficient (Wildman–Crippen LogP) is 0.695. The maximum atomic E-state index is 13.1. The van der Waals surface area contributed by atoms with Crippen molar-refractivity contribution in [2.24, 2.45) is 0 Å². The largest absolute Gasteiger partial charge is 0.394 e. The molecule has 0 radical (unpaired) electrons. The Morgan fingerprint density at radius 2 is 1.00 bits per heavy atom. The number of amides is 1. The van der Waals surface area contributed by atoms with Crippen molar-refractivity contribution < 1.29 is 89.4 Å². The van der Waals surface area contributed by atoms with E-state index in [1.54, 1.807) is 0 Å². The van der Waals surface area contributed by atoms with E-state index in [2.05, 4.69) is 31.3 Å². The lowest BCUT2D eigenvalue weighted by Crippen LogP contribution is -2.66. The Morgan fingerprint density at radius 1 is 0.538 bits per heavy atom. The van der Waals surface area contributed by atoms with Crippen LogP contribution in [0, 0.1) is 0 Å². The second kappa shape index (κ2) is 32.4. The highest BCUT2D eigenvalue weighted by molar-refractivity contribution is 5.76. The van der Waals surface area contributed by atoms with Crippen molar-refractivity contribution in [3.63, 3.8) is 0 Å². The number of ether oxygens (including phenoxy) is 6. The van der Waals surface area contributed by atoms with E-state index < -0.39 is 124 Å². The molecule has 65 heavy (non-hydrogen) atoms. The summed E-state index contributed by atoms with van der Waals surface area (Å²) in [5, 5.41) is 119. The third-order valence-corrected chi connectivity index (χ3v) is 12.6. The van der Waals surface area contributed by atoms with Crippen LogP contribution in [0.2, 0.25) is 0 Å². The van der Waals surface area contributed by atoms with Crippen molar-refractivity contribution in [1.82, 2.24) is 5.32 Å². The zero-order valence-corrected chi connectivity index (χ0v) is 38.7. The number of aliphatic hydroxyl groups excluding tert-OH is 11. The van der Waals surface area contributed by atoms with Gasteiger partial charge in [0, 0.05) is 6.42 Å². The van der Waals surface area contributed by atoms with Crippen LogP contribution in [0.4, 0.5) is 0 Å². The predicted molar refractivity (Wildman–Crippen MR) is 236 cm³/mol. The molecule has 19 nitrogen and oxygen atoms in total. The van der Waals surface area contributed by atoms with Crippen molar-refractivity contribution in [3.05, 3.63) is 12.2 Å². The molecule has 3 rings (SSSR count). The number of carbonyl (C=O) groups is 1. The Bertz CT molecular complexity index is 1260. The van der Waals surface area contributed by atoms with Gasteiger partial charge in [-0.2, -0.15) is 0 Å². The number of carbonyl (C=O) groups excluding carboxylic acids is 1. The van der Waals surface area contributed by atoms with E-state index in [0.29, 0.717) is 12.8 Å². The third-order valence-electron chi connectivity index (χ3n) is 12.6. The van der Waals surface area contributed by atoms with E-state index in [1.165, 1.54) is 38.5 Å². The molecule has 0 bridgehead atoms. The fourth-order valence-electron chi connectivity index (χ4n) is 8.43. The molecule has 17 atom stereocenters. The summed E-state index contributed by atoms with van der Waals surface area (Å²) in [4.78, 5) is 13.1. The third kappa shape index (κ3) is 19.1. The van der Waals surface area contributed by atoms with E-state index in [1.807, 2.05) is 0 Å². The molecule has 3 fully saturated rings. The SMILES string of the molecule is CCC/C=C\CCCCCCCC(=O)NC(COC1OC(CO)C(OC2OC(CO)C(OC3OC(CO)C(O)C(O)C3O)C(O)C2O)C(O)C1O)C(O)CCCCCCCCCCCC. The van der Waals surface area contributed by atoms with Crippen LogP contribution in [-0.4, -0.2) is 193 Å². The van der Waals surface area contributed by atoms with Gasteiger partial charge >= 0.3 is 0 Å². The van der Waals surface area contributed by atoms with E-state index in [-0.39, 0.29) is 18.9 Å². The molecule has 3 saturated heterocycles. The van der Waals surface area contributed by atoms with Crippen molar-refractivity contribution >= 4 is 5.91 Å². The highest BCUT2D eigenvalue weighted by Gasteiger charge is 2.53. The van der Waals surface area contributed by atoms with Gasteiger partial charge in [-0.15, -0.1) is 0 Å². The number of rotatable bonds is 33. The maximum absolute atomic E-state index is 13.1. The standard InChI is InChI=1S/C46H85NO18/c1-3-5-7-9-11-13-15-17-19-21-23-30(51)29(47-34(52)24-22-20-18-16-14-12-10-8-6-4-2)28-60-44-40(58)37(55)42(32(26-49)62-44)65-46-41(59)38(56)43(33(27-50)63-46)64-45-39(57)36(54)35(53)31(25-48)61-45/h8,10,29-33,35-46,48-51,53-59H,3-7,9,11-28H2,1-2H3,(H,47,52)/b10-8-. The minimum absolute atomic E-state index is 0.256. The molecule has 3 aliphatic rings. The van der Waals surface area contributed by atoms with Crippen LogP contribution in [0.25, 0.3) is 0 Å². The smallest absolute Gasteiger partial charge is 0.220 e. The minimum Gasteiger partial charge on any atom is -0.394 e. The normalized spacial score (nSPS) is 34.2. The maximum Gasteiger partial charge on any atom is 0.220 e. The molecule has 382 valence electrons. The summed E-state index contributed by atoms with van der Waals surface area (Å²) in [7, 11) is 0. The van der Waals surface area contributed by atoms with Crippen LogP contribution in [0.1, 0.15) is 142 Å². The van der Waals surface area contributed by atoms with Crippen molar-refractivity contribution in [1.29, 1.82) is 0 Å². The fourth-order valence-corrected chi connectivity index (χ4v) is 8.43. The summed E-state index contributed by atoms with van der Waals surface area (Å²) in [6.45, 7) is 1.64. The van der Waals surface area contributed by atoms with Crippen molar-refractivity contribution in [2.75, 3.05) is 26.4 Å². The molecule has 19 heteroatoms. The number of allylic oxidation sites excluding steroid dienone is 2. The summed E-state index contributed by atoms with van der Waals surface area (Å²) < 4.78 is 34.1. The average molecular weight is 940 g/mol. The fraction of sp³-hybridized carbons (Fsp3) is 0.935. The Labute approximate surface area is 385 Å². The number of aliphatic hydroxyl groups is 11. The molecular weight excluding hydrogens is 854 g/mol. The zero-order valence-electron chi connectivity index (χ0n) is 38.7. The van der Waals surface area contributed by atoms with Gasteiger partial charge in [0.05, 0.1) is 38.6 Å². The molecule has 1 amide bonds. The molecular formula is C46H85NO18. The highest BCUT2D eigenvalue weighted by Crippen LogP contribution is 2.33. The molecule has 0 aromatic rings. The van der Waals surface area contributed by atoms with Crippen molar-refractivity contribution in [3.8, 4) is 0 Å². The zero-order chi connectivity index (χ0) is 47.7. The first-order valence-electron chi connectivity index (χ1n) is 24.4. The molecule has 3 heterocycles. The van der Waals surface area contributed by atoms with Crippen LogP contribution in [0.3, 0.4) is 0 Å². The summed E-state index contributed by atoms with van der Waals surface area (Å²) >= 11 is 0. The van der Waals surface area contributed by atoms with Crippen molar-refractivity contribution in [2.45, 2.75) is 247 Å². The second-order valence-corrected chi connectivity index (χ2v) is 17.9. The summed E-state index contributed by atoms with van der Waals surface area (Å²) in [6, 6.07) is -0.883. The number of unbranched alkanes of at least 4 members (excludes halogenated alkanes) is 15. The number of hydrogen-bond donors (Lipinski definition) is 12. The highest BCUT2D eigenvalue weighted by atomic mass is 16.8. The first-order valence-corrected chi connectivity index (χ1v) is 24.4. The van der Waals surface area contributed by atoms with Gasteiger partial charge in [0.1, 0.15) is 73.2 Å². The summed E-state index contributed by atoms with van der Waals surface area (Å²) in [6.07, 6.45) is -2.22. The van der Waals surface area contributed by atoms with E-state index in [0.717, 1.165) is 70.6 Å². The van der Waals surface area contributed by atoms with E-state index in [4.69, 9.17) is 28.4 Å². The van der Waals surface area contributed by atoms with E-state index in [9.17, 15) is 61.0 Å². The van der Waals surface area contributed by atoms with E-state index >= 15 is 0 Å². The topological polar surface area (TPSA) is 307 Å². The van der Waals surface area contributed by atoms with Gasteiger partial charge in [0.15, 0.2) is 18.9 Å². The lowest BCUT2D eigenvalue weighted by Gasteiger charge is -2.48. The Hall–Kier alpha value is -1.47. The van der Waals surface area contributed by atoms with Crippen LogP contribution < -0.4 is 5.32 Å². The van der Waals surface area contributed by atoms with Gasteiger partial charge in [-0.3, -0.25) is 4.79 Å². The van der Waals surface area contributed by atoms with Crippen LogP contribution in [-0.2, 0) is 33.2 Å². The quantitative estimate of drug-likeness (QED) is 0.0318. The summed E-state index contributed by atoms with van der Waals surface area (Å²) in [5.41, 5.74) is 0. The number of hydrogen-bond acceptors (Lipinski definition) is 18. The Morgan fingerprint density at radius 3 is 1.55 bits per heavy atom. The van der Waals surface area contributed by atoms with Gasteiger partial charge in [-0.1, -0.05) is 116 Å². The lowest BCUT2D eigenvalue weighted by molar-refractivity contribution is -0.379. The molecule has 3 aliphatic heterocycles. The van der Waals surface area contributed by atoms with Gasteiger partial charge in [0.2, 0.25) is 5.91 Å². The first kappa shape index (κ1) is 57.8. The Balaban J connectivity index is 1.58. The molecule has 0 aromatic heterocycles. The molecule has 0 aliphatic carbocycles. The van der Waals surface area contributed by atoms with Gasteiger partial charge in [0.25, 0.3) is 0 Å². The van der Waals surface area contributed by atoms with Gasteiger partial charge < -0.3 is 89.9 Å². The van der Waals surface area contributed by atoms with Crippen LogP contribution >= 0.6 is 0 Å². The molecule has 0 spiro atoms. The van der Waals surface area contributed by atoms with Crippen LogP contribution in [0.15, 0.2) is 12.2 Å². The minimum atomic E-state index is -1.97. The molecule has 17 unspecified atom stereocenters. The second-order valence-electron chi connectivity index (χ2n) is 17.9. The van der Waals surface area contributed by atoms with Gasteiger partial charge in [-0.05, 0) is 32.1 Å². The van der Waals surface area contributed by atoms with Crippen LogP contribution in [0.5, 0.6) is 0 Å². The average Bonchev–Trinajstić information content (AvgIpc) is 3.30. The van der Waals surface area contributed by atoms with Gasteiger partial charge in [-0.25, -0.2) is 0 Å². The molecule has 0 saturated carbocycles. The monoisotopic (exact) mass is 940 g/mol.